The van der Waals surface area contributed by atoms with Crippen LogP contribution in [-0.4, -0.2) is 16.7 Å². The average molecular weight is 226 g/mol. The van der Waals surface area contributed by atoms with Crippen molar-refractivity contribution in [2.75, 3.05) is 0 Å². The Morgan fingerprint density at radius 2 is 1.94 bits per heavy atom. The second kappa shape index (κ2) is 3.90. The van der Waals surface area contributed by atoms with E-state index in [1.807, 2.05) is 0 Å². The Morgan fingerprint density at radius 1 is 1.38 bits per heavy atom. The fourth-order valence-electron chi connectivity index (χ4n) is 1.00. The molecule has 0 saturated heterocycles. The second-order valence-electron chi connectivity index (χ2n) is 5.30. The molecule has 1 aromatic heterocycles. The fourth-order valence-corrected chi connectivity index (χ4v) is 1.00. The van der Waals surface area contributed by atoms with Gasteiger partial charge < -0.3 is 15.0 Å². The number of ether oxygens (including phenoxy) is 1. The third kappa shape index (κ3) is 3.34. The van der Waals surface area contributed by atoms with E-state index in [-0.39, 0.29) is 5.76 Å². The maximum absolute atomic E-state index is 11.6. The second-order valence-corrected chi connectivity index (χ2v) is 5.30. The SMILES string of the molecule is CC(C)(C)OC(=O)c1cc(C(C)(C)N)no1. The molecule has 1 heterocycles. The van der Waals surface area contributed by atoms with E-state index < -0.39 is 17.1 Å². The van der Waals surface area contributed by atoms with Crippen LogP contribution in [0.3, 0.4) is 0 Å². The largest absolute Gasteiger partial charge is 0.454 e. The molecule has 0 aliphatic heterocycles. The molecule has 0 radical (unpaired) electrons. The molecule has 1 aromatic rings. The fraction of sp³-hybridized carbons (Fsp3) is 0.636. The van der Waals surface area contributed by atoms with Crippen LogP contribution in [0.1, 0.15) is 50.9 Å². The molecule has 1 rings (SSSR count). The summed E-state index contributed by atoms with van der Waals surface area (Å²) in [6.07, 6.45) is 0. The van der Waals surface area contributed by atoms with Crippen LogP contribution >= 0.6 is 0 Å². The predicted molar refractivity (Wildman–Crippen MR) is 58.9 cm³/mol. The lowest BCUT2D eigenvalue weighted by atomic mass is 10.0. The van der Waals surface area contributed by atoms with Gasteiger partial charge in [-0.3, -0.25) is 0 Å². The molecule has 0 unspecified atom stereocenters. The van der Waals surface area contributed by atoms with E-state index in [4.69, 9.17) is 15.0 Å². The van der Waals surface area contributed by atoms with E-state index in [0.29, 0.717) is 5.69 Å². The van der Waals surface area contributed by atoms with Crippen molar-refractivity contribution in [3.63, 3.8) is 0 Å². The van der Waals surface area contributed by atoms with Gasteiger partial charge in [0.15, 0.2) is 0 Å². The Balaban J connectivity index is 2.83. The number of esters is 1. The molecule has 5 nitrogen and oxygen atoms in total. The van der Waals surface area contributed by atoms with Gasteiger partial charge in [0.05, 0.1) is 5.54 Å². The molecule has 0 aromatic carbocycles. The first-order valence-electron chi connectivity index (χ1n) is 5.09. The molecule has 16 heavy (non-hydrogen) atoms. The summed E-state index contributed by atoms with van der Waals surface area (Å²) in [6, 6.07) is 1.51. The van der Waals surface area contributed by atoms with Gasteiger partial charge in [0.1, 0.15) is 11.3 Å². The first kappa shape index (κ1) is 12.7. The van der Waals surface area contributed by atoms with E-state index in [1.165, 1.54) is 6.07 Å². The third-order valence-electron chi connectivity index (χ3n) is 1.77. The highest BCUT2D eigenvalue weighted by molar-refractivity contribution is 5.86. The minimum absolute atomic E-state index is 0.0726. The van der Waals surface area contributed by atoms with Crippen molar-refractivity contribution in [1.29, 1.82) is 0 Å². The van der Waals surface area contributed by atoms with Gasteiger partial charge in [-0.25, -0.2) is 4.79 Å². The summed E-state index contributed by atoms with van der Waals surface area (Å²) < 4.78 is 10.0. The molecule has 5 heteroatoms. The molecule has 0 saturated carbocycles. The van der Waals surface area contributed by atoms with Crippen molar-refractivity contribution in [1.82, 2.24) is 5.16 Å². The van der Waals surface area contributed by atoms with E-state index in [1.54, 1.807) is 34.6 Å². The number of rotatable bonds is 2. The van der Waals surface area contributed by atoms with Gasteiger partial charge >= 0.3 is 5.97 Å². The van der Waals surface area contributed by atoms with Crippen LogP contribution < -0.4 is 5.73 Å². The Morgan fingerprint density at radius 3 is 2.31 bits per heavy atom. The highest BCUT2D eigenvalue weighted by Crippen LogP contribution is 2.18. The van der Waals surface area contributed by atoms with Gasteiger partial charge in [0.25, 0.3) is 0 Å². The van der Waals surface area contributed by atoms with Crippen LogP contribution in [0.25, 0.3) is 0 Å². The number of carbonyl (C=O) groups excluding carboxylic acids is 1. The zero-order valence-corrected chi connectivity index (χ0v) is 10.3. The molecule has 2 N–H and O–H groups in total. The first-order valence-corrected chi connectivity index (χ1v) is 5.09. The Kier molecular flexibility index (Phi) is 3.10. The minimum Gasteiger partial charge on any atom is -0.454 e. The third-order valence-corrected chi connectivity index (χ3v) is 1.77. The van der Waals surface area contributed by atoms with Crippen LogP contribution in [0.2, 0.25) is 0 Å². The van der Waals surface area contributed by atoms with Gasteiger partial charge in [0, 0.05) is 6.07 Å². The number of hydrogen-bond donors (Lipinski definition) is 1. The number of nitrogens with zero attached hydrogens (tertiary/aromatic N) is 1. The molecule has 0 aliphatic rings. The standard InChI is InChI=1S/C11H18N2O3/c1-10(2,3)15-9(14)7-6-8(13-16-7)11(4,5)12/h6H,12H2,1-5H3. The lowest BCUT2D eigenvalue weighted by Gasteiger charge is -2.18. The summed E-state index contributed by atoms with van der Waals surface area (Å²) in [5, 5.41) is 3.74. The van der Waals surface area contributed by atoms with Crippen LogP contribution in [0.15, 0.2) is 10.6 Å². The molecule has 90 valence electrons. The lowest BCUT2D eigenvalue weighted by Crippen LogP contribution is -2.29. The smallest absolute Gasteiger partial charge is 0.377 e. The van der Waals surface area contributed by atoms with Gasteiger partial charge in [-0.2, -0.15) is 0 Å². The van der Waals surface area contributed by atoms with E-state index in [0.717, 1.165) is 0 Å². The molecule has 0 bridgehead atoms. The number of aromatic nitrogens is 1. The number of nitrogens with two attached hydrogens (primary N) is 1. The highest BCUT2D eigenvalue weighted by atomic mass is 16.6. The normalized spacial score (nSPS) is 12.6. The monoisotopic (exact) mass is 226 g/mol. The summed E-state index contributed by atoms with van der Waals surface area (Å²) in [6.45, 7) is 8.92. The summed E-state index contributed by atoms with van der Waals surface area (Å²) in [5.74, 6) is -0.459. The zero-order valence-electron chi connectivity index (χ0n) is 10.3. The first-order chi connectivity index (χ1) is 7.09. The Bertz CT molecular complexity index is 383. The Labute approximate surface area is 94.9 Å². The maximum Gasteiger partial charge on any atom is 0.377 e. The minimum atomic E-state index is -0.635. The van der Waals surface area contributed by atoms with Crippen molar-refractivity contribution < 1.29 is 14.1 Å². The van der Waals surface area contributed by atoms with Gasteiger partial charge in [-0.15, -0.1) is 0 Å². The molecule has 0 amide bonds. The predicted octanol–water partition coefficient (Wildman–Crippen LogP) is 1.82. The van der Waals surface area contributed by atoms with Crippen LogP contribution in [0.4, 0.5) is 0 Å². The molecular formula is C11H18N2O3. The molecule has 0 atom stereocenters. The van der Waals surface area contributed by atoms with Crippen molar-refractivity contribution in [3.8, 4) is 0 Å². The summed E-state index contributed by atoms with van der Waals surface area (Å²) >= 11 is 0. The van der Waals surface area contributed by atoms with Gasteiger partial charge in [0.2, 0.25) is 5.76 Å². The van der Waals surface area contributed by atoms with Crippen molar-refractivity contribution in [3.05, 3.63) is 17.5 Å². The van der Waals surface area contributed by atoms with Crippen molar-refractivity contribution >= 4 is 5.97 Å². The van der Waals surface area contributed by atoms with Crippen LogP contribution in [-0.2, 0) is 10.3 Å². The highest BCUT2D eigenvalue weighted by Gasteiger charge is 2.25. The van der Waals surface area contributed by atoms with Crippen LogP contribution in [0, 0.1) is 0 Å². The number of carbonyl (C=O) groups is 1. The van der Waals surface area contributed by atoms with E-state index in [2.05, 4.69) is 5.16 Å². The summed E-state index contributed by atoms with van der Waals surface area (Å²) in [5.41, 5.74) is 5.16. The Hall–Kier alpha value is -1.36. The summed E-state index contributed by atoms with van der Waals surface area (Å²) in [7, 11) is 0. The molecule has 0 spiro atoms. The molecule has 0 fully saturated rings. The van der Waals surface area contributed by atoms with Crippen LogP contribution in [0.5, 0.6) is 0 Å². The molecule has 0 aliphatic carbocycles. The van der Waals surface area contributed by atoms with Gasteiger partial charge in [-0.1, -0.05) is 5.16 Å². The molecular weight excluding hydrogens is 208 g/mol. The average Bonchev–Trinajstić information content (AvgIpc) is 2.46. The van der Waals surface area contributed by atoms with Crippen molar-refractivity contribution in [2.45, 2.75) is 45.8 Å². The van der Waals surface area contributed by atoms with Gasteiger partial charge in [-0.05, 0) is 34.6 Å². The van der Waals surface area contributed by atoms with Crippen molar-refractivity contribution in [2.24, 2.45) is 5.73 Å². The van der Waals surface area contributed by atoms with E-state index in [9.17, 15) is 4.79 Å². The summed E-state index contributed by atoms with van der Waals surface area (Å²) in [4.78, 5) is 11.6. The lowest BCUT2D eigenvalue weighted by molar-refractivity contribution is 0.00275. The van der Waals surface area contributed by atoms with E-state index >= 15 is 0 Å². The zero-order chi connectivity index (χ0) is 12.6. The topological polar surface area (TPSA) is 78.4 Å². The quantitative estimate of drug-likeness (QED) is 0.778. The maximum atomic E-state index is 11.6. The number of hydrogen-bond acceptors (Lipinski definition) is 5.